The molecule has 0 saturated carbocycles. The van der Waals surface area contributed by atoms with Crippen molar-refractivity contribution in [3.8, 4) is 0 Å². The number of hydrogen-bond acceptors (Lipinski definition) is 6. The van der Waals surface area contributed by atoms with Crippen molar-refractivity contribution in [2.75, 3.05) is 25.0 Å². The molecule has 8 nitrogen and oxygen atoms in total. The third-order valence-corrected chi connectivity index (χ3v) is 7.30. The van der Waals surface area contributed by atoms with Crippen LogP contribution in [0.3, 0.4) is 0 Å². The molecule has 2 aromatic rings. The number of thiazole rings is 1. The first-order valence-corrected chi connectivity index (χ1v) is 13.1. The van der Waals surface area contributed by atoms with Crippen LogP contribution < -0.4 is 5.32 Å². The fourth-order valence-corrected chi connectivity index (χ4v) is 5.41. The van der Waals surface area contributed by atoms with Gasteiger partial charge in [0.05, 0.1) is 12.2 Å². The number of nitrogens with one attached hydrogen (secondary N) is 1. The van der Waals surface area contributed by atoms with Gasteiger partial charge in [0.25, 0.3) is 0 Å². The van der Waals surface area contributed by atoms with Crippen molar-refractivity contribution < 1.29 is 19.1 Å². The van der Waals surface area contributed by atoms with Crippen LogP contribution in [0, 0.1) is 5.92 Å². The molecule has 9 heteroatoms. The molecule has 0 radical (unpaired) electrons. The van der Waals surface area contributed by atoms with Crippen LogP contribution in [0.1, 0.15) is 56.2 Å². The van der Waals surface area contributed by atoms with Gasteiger partial charge in [0.2, 0.25) is 11.8 Å². The Morgan fingerprint density at radius 1 is 1.09 bits per heavy atom. The number of carbonyl (C=O) groups excluding carboxylic acids is 3. The second kappa shape index (κ2) is 10.8. The van der Waals surface area contributed by atoms with Crippen LogP contribution >= 0.6 is 11.3 Å². The zero-order valence-corrected chi connectivity index (χ0v) is 21.5. The van der Waals surface area contributed by atoms with E-state index in [1.165, 1.54) is 11.3 Å². The van der Waals surface area contributed by atoms with Gasteiger partial charge in [-0.25, -0.2) is 9.78 Å². The summed E-state index contributed by atoms with van der Waals surface area (Å²) in [5, 5.41) is 3.55. The molecule has 1 fully saturated rings. The fourth-order valence-electron chi connectivity index (χ4n) is 4.38. The number of hydrogen-bond donors (Lipinski definition) is 1. The summed E-state index contributed by atoms with van der Waals surface area (Å²) in [4.78, 5) is 47.0. The summed E-state index contributed by atoms with van der Waals surface area (Å²) < 4.78 is 5.48. The van der Waals surface area contributed by atoms with Gasteiger partial charge < -0.3 is 19.9 Å². The molecule has 1 aromatic carbocycles. The molecular formula is C26H34N4O4S. The Bertz CT molecular complexity index is 1060. The SMILES string of the molecule is CC(C)(C)OC(=O)N1CCc2nc(NC(=O)C3CCN(C(=O)CCc4ccccc4)CC3)sc2C1. The van der Waals surface area contributed by atoms with Crippen molar-refractivity contribution in [3.05, 3.63) is 46.5 Å². The standard InChI is InChI=1S/C26H34N4O4S/c1-26(2,3)34-25(33)30-16-13-20-21(17-30)35-24(27-20)28-23(32)19-11-14-29(15-12-19)22(31)10-9-18-7-5-4-6-8-18/h4-8,19H,9-17H2,1-3H3,(H,27,28,32). The summed E-state index contributed by atoms with van der Waals surface area (Å²) in [6.07, 6.45) is 2.85. The van der Waals surface area contributed by atoms with E-state index in [2.05, 4.69) is 10.3 Å². The number of piperidine rings is 1. The van der Waals surface area contributed by atoms with Gasteiger partial charge >= 0.3 is 6.09 Å². The minimum absolute atomic E-state index is 0.0449. The lowest BCUT2D eigenvalue weighted by Crippen LogP contribution is -2.41. The first-order valence-electron chi connectivity index (χ1n) is 12.3. The Morgan fingerprint density at radius 2 is 1.80 bits per heavy atom. The monoisotopic (exact) mass is 498 g/mol. The van der Waals surface area contributed by atoms with Gasteiger partial charge in [0.15, 0.2) is 5.13 Å². The quantitative estimate of drug-likeness (QED) is 0.666. The molecule has 35 heavy (non-hydrogen) atoms. The van der Waals surface area contributed by atoms with E-state index in [1.807, 2.05) is 56.0 Å². The second-order valence-corrected chi connectivity index (χ2v) is 11.3. The van der Waals surface area contributed by atoms with Crippen molar-refractivity contribution >= 4 is 34.4 Å². The van der Waals surface area contributed by atoms with Gasteiger partial charge in [0.1, 0.15) is 5.60 Å². The van der Waals surface area contributed by atoms with E-state index in [1.54, 1.807) is 4.90 Å². The molecule has 3 heterocycles. The van der Waals surface area contributed by atoms with Gasteiger partial charge in [-0.2, -0.15) is 0 Å². The molecule has 0 unspecified atom stereocenters. The minimum atomic E-state index is -0.535. The lowest BCUT2D eigenvalue weighted by Gasteiger charge is -2.31. The van der Waals surface area contributed by atoms with E-state index in [4.69, 9.17) is 4.74 Å². The number of aromatic nitrogens is 1. The van der Waals surface area contributed by atoms with Crippen molar-refractivity contribution in [1.29, 1.82) is 0 Å². The fraction of sp³-hybridized carbons (Fsp3) is 0.538. The molecule has 0 spiro atoms. The van der Waals surface area contributed by atoms with Gasteiger partial charge in [-0.1, -0.05) is 41.7 Å². The number of ether oxygens (including phenoxy) is 1. The Kier molecular flexibility index (Phi) is 7.74. The Morgan fingerprint density at radius 3 is 2.49 bits per heavy atom. The molecular weight excluding hydrogens is 464 g/mol. The highest BCUT2D eigenvalue weighted by Crippen LogP contribution is 2.30. The topological polar surface area (TPSA) is 91.8 Å². The second-order valence-electron chi connectivity index (χ2n) is 10.2. The molecule has 2 aliphatic rings. The van der Waals surface area contributed by atoms with Gasteiger partial charge in [0, 0.05) is 43.3 Å². The van der Waals surface area contributed by atoms with Gasteiger partial charge in [-0.3, -0.25) is 9.59 Å². The predicted octanol–water partition coefficient (Wildman–Crippen LogP) is 4.25. The van der Waals surface area contributed by atoms with E-state index >= 15 is 0 Å². The molecule has 4 rings (SSSR count). The number of carbonyl (C=O) groups is 3. The zero-order valence-electron chi connectivity index (χ0n) is 20.7. The molecule has 0 atom stereocenters. The summed E-state index contributed by atoms with van der Waals surface area (Å²) in [5.41, 5.74) is 1.56. The number of benzene rings is 1. The number of fused-ring (bicyclic) bond motifs is 1. The van der Waals surface area contributed by atoms with E-state index in [-0.39, 0.29) is 23.8 Å². The summed E-state index contributed by atoms with van der Waals surface area (Å²) in [6.45, 7) is 7.76. The van der Waals surface area contributed by atoms with Gasteiger partial charge in [-0.05, 0) is 45.6 Å². The number of aryl methyl sites for hydroxylation is 1. The molecule has 1 saturated heterocycles. The molecule has 188 valence electrons. The lowest BCUT2D eigenvalue weighted by molar-refractivity contribution is -0.134. The number of rotatable bonds is 5. The van der Waals surface area contributed by atoms with E-state index in [0.29, 0.717) is 57.0 Å². The summed E-state index contributed by atoms with van der Waals surface area (Å²) in [6, 6.07) is 10.0. The highest BCUT2D eigenvalue weighted by Gasteiger charge is 2.30. The van der Waals surface area contributed by atoms with E-state index in [9.17, 15) is 14.4 Å². The highest BCUT2D eigenvalue weighted by molar-refractivity contribution is 7.15. The zero-order chi connectivity index (χ0) is 25.0. The number of nitrogens with zero attached hydrogens (tertiary/aromatic N) is 3. The molecule has 2 aliphatic heterocycles. The summed E-state index contributed by atoms with van der Waals surface area (Å²) in [5.74, 6) is -0.0290. The first kappa shape index (κ1) is 25.2. The Labute approximate surface area is 210 Å². The molecule has 0 bridgehead atoms. The van der Waals surface area contributed by atoms with Gasteiger partial charge in [-0.15, -0.1) is 0 Å². The van der Waals surface area contributed by atoms with Crippen molar-refractivity contribution in [3.63, 3.8) is 0 Å². The number of anilines is 1. The largest absolute Gasteiger partial charge is 0.444 e. The number of amides is 3. The third kappa shape index (κ3) is 6.81. The highest BCUT2D eigenvalue weighted by atomic mass is 32.1. The lowest BCUT2D eigenvalue weighted by atomic mass is 9.95. The Balaban J connectivity index is 1.24. The first-order chi connectivity index (χ1) is 16.7. The maximum Gasteiger partial charge on any atom is 0.410 e. The summed E-state index contributed by atoms with van der Waals surface area (Å²) in [7, 11) is 0. The van der Waals surface area contributed by atoms with Crippen LogP contribution in [0.4, 0.5) is 9.93 Å². The molecule has 3 amide bonds. The normalized spacial score (nSPS) is 16.5. The maximum atomic E-state index is 12.9. The van der Waals surface area contributed by atoms with Crippen LogP contribution in [-0.2, 0) is 33.7 Å². The molecule has 0 aliphatic carbocycles. The number of likely N-dealkylation sites (tertiary alicyclic amines) is 1. The average Bonchev–Trinajstić information content (AvgIpc) is 3.23. The Hall–Kier alpha value is -2.94. The average molecular weight is 499 g/mol. The molecule has 1 N–H and O–H groups in total. The van der Waals surface area contributed by atoms with Crippen molar-refractivity contribution in [1.82, 2.24) is 14.8 Å². The van der Waals surface area contributed by atoms with Crippen LogP contribution in [0.25, 0.3) is 0 Å². The summed E-state index contributed by atoms with van der Waals surface area (Å²) >= 11 is 1.42. The van der Waals surface area contributed by atoms with Crippen molar-refractivity contribution in [2.24, 2.45) is 5.92 Å². The molecule has 1 aromatic heterocycles. The maximum absolute atomic E-state index is 12.9. The van der Waals surface area contributed by atoms with Crippen LogP contribution in [0.5, 0.6) is 0 Å². The van der Waals surface area contributed by atoms with Crippen molar-refractivity contribution in [2.45, 2.75) is 65.0 Å². The predicted molar refractivity (Wildman–Crippen MR) is 135 cm³/mol. The van der Waals surface area contributed by atoms with E-state index < -0.39 is 5.60 Å². The smallest absolute Gasteiger partial charge is 0.410 e. The third-order valence-electron chi connectivity index (χ3n) is 6.30. The van der Waals surface area contributed by atoms with Crippen LogP contribution in [-0.4, -0.2) is 57.9 Å². The minimum Gasteiger partial charge on any atom is -0.444 e. The van der Waals surface area contributed by atoms with E-state index in [0.717, 1.165) is 22.6 Å². The van der Waals surface area contributed by atoms with Crippen LogP contribution in [0.2, 0.25) is 0 Å². The van der Waals surface area contributed by atoms with Crippen LogP contribution in [0.15, 0.2) is 30.3 Å².